The molecular weight excluding hydrogens is 326 g/mol. The van der Waals surface area contributed by atoms with E-state index >= 15 is 0 Å². The fourth-order valence-electron chi connectivity index (χ4n) is 2.29. The second kappa shape index (κ2) is 6.58. The molecule has 0 atom stereocenters. The predicted octanol–water partition coefficient (Wildman–Crippen LogP) is 1.72. The summed E-state index contributed by atoms with van der Waals surface area (Å²) in [6.07, 6.45) is 1.73. The van der Waals surface area contributed by atoms with Gasteiger partial charge in [-0.3, -0.25) is 4.57 Å². The Bertz CT molecular complexity index is 950. The number of rotatable bonds is 6. The van der Waals surface area contributed by atoms with Crippen LogP contribution in [0.1, 0.15) is 0 Å². The Kier molecular flexibility index (Phi) is 4.50. The minimum Gasteiger partial charge on any atom is -0.369 e. The van der Waals surface area contributed by atoms with E-state index < -0.39 is 10.0 Å². The zero-order valence-corrected chi connectivity index (χ0v) is 14.4. The molecule has 2 aromatic heterocycles. The van der Waals surface area contributed by atoms with Crippen molar-refractivity contribution in [3.63, 3.8) is 0 Å². The first kappa shape index (κ1) is 16.4. The molecule has 0 unspecified atom stereocenters. The summed E-state index contributed by atoms with van der Waals surface area (Å²) in [7, 11) is -0.170. The third-order valence-corrected chi connectivity index (χ3v) is 5.49. The molecule has 0 bridgehead atoms. The zero-order chi connectivity index (χ0) is 17.2. The van der Waals surface area contributed by atoms with Gasteiger partial charge < -0.3 is 5.32 Å². The van der Waals surface area contributed by atoms with Crippen molar-refractivity contribution in [1.82, 2.24) is 18.8 Å². The van der Waals surface area contributed by atoms with Crippen molar-refractivity contribution in [1.29, 1.82) is 0 Å². The molecule has 0 aliphatic rings. The third kappa shape index (κ3) is 3.39. The van der Waals surface area contributed by atoms with Gasteiger partial charge in [0, 0.05) is 20.6 Å². The first-order valence-electron chi connectivity index (χ1n) is 7.51. The molecule has 0 spiro atoms. The standard InChI is InChI=1S/C16H19N5O2S/c1-20(2)24(22,23)11-10-17-15-8-5-9-16(19-15)21-12-18-13-6-3-4-7-14(13)21/h3-9,12H,10-11H2,1-2H3,(H,17,19). The smallest absolute Gasteiger partial charge is 0.215 e. The van der Waals surface area contributed by atoms with Crippen LogP contribution in [0, 0.1) is 0 Å². The molecule has 8 heteroatoms. The number of hydrogen-bond acceptors (Lipinski definition) is 5. The molecule has 0 amide bonds. The molecule has 3 aromatic rings. The van der Waals surface area contributed by atoms with Gasteiger partial charge in [-0.1, -0.05) is 18.2 Å². The van der Waals surface area contributed by atoms with Crippen molar-refractivity contribution in [2.45, 2.75) is 0 Å². The number of para-hydroxylation sites is 2. The maximum absolute atomic E-state index is 11.8. The molecule has 0 radical (unpaired) electrons. The fourth-order valence-corrected chi connectivity index (χ4v) is 3.01. The summed E-state index contributed by atoms with van der Waals surface area (Å²) < 4.78 is 26.7. The summed E-state index contributed by atoms with van der Waals surface area (Å²) in [5.41, 5.74) is 1.87. The molecule has 126 valence electrons. The summed E-state index contributed by atoms with van der Waals surface area (Å²) in [5.74, 6) is 1.36. The number of nitrogens with zero attached hydrogens (tertiary/aromatic N) is 4. The number of nitrogens with one attached hydrogen (secondary N) is 1. The summed E-state index contributed by atoms with van der Waals surface area (Å²) >= 11 is 0. The van der Waals surface area contributed by atoms with Crippen molar-refractivity contribution in [3.05, 3.63) is 48.8 Å². The monoisotopic (exact) mass is 345 g/mol. The van der Waals surface area contributed by atoms with Crippen LogP contribution in [0.2, 0.25) is 0 Å². The maximum Gasteiger partial charge on any atom is 0.215 e. The van der Waals surface area contributed by atoms with Crippen LogP contribution in [-0.4, -0.2) is 53.7 Å². The van der Waals surface area contributed by atoms with Crippen LogP contribution in [0.5, 0.6) is 0 Å². The number of benzene rings is 1. The molecule has 24 heavy (non-hydrogen) atoms. The Morgan fingerprint density at radius 2 is 1.92 bits per heavy atom. The van der Waals surface area contributed by atoms with Crippen molar-refractivity contribution >= 4 is 26.9 Å². The van der Waals surface area contributed by atoms with Crippen LogP contribution >= 0.6 is 0 Å². The van der Waals surface area contributed by atoms with E-state index in [4.69, 9.17) is 0 Å². The van der Waals surface area contributed by atoms with Crippen molar-refractivity contribution < 1.29 is 8.42 Å². The highest BCUT2D eigenvalue weighted by Gasteiger charge is 2.13. The number of sulfonamides is 1. The van der Waals surface area contributed by atoms with E-state index in [1.165, 1.54) is 18.4 Å². The van der Waals surface area contributed by atoms with Gasteiger partial charge >= 0.3 is 0 Å². The highest BCUT2D eigenvalue weighted by Crippen LogP contribution is 2.17. The zero-order valence-electron chi connectivity index (χ0n) is 13.5. The van der Waals surface area contributed by atoms with Gasteiger partial charge in [-0.2, -0.15) is 0 Å². The van der Waals surface area contributed by atoms with Gasteiger partial charge in [-0.15, -0.1) is 0 Å². The van der Waals surface area contributed by atoms with Crippen LogP contribution in [0.3, 0.4) is 0 Å². The molecule has 0 fully saturated rings. The van der Waals surface area contributed by atoms with Crippen molar-refractivity contribution in [2.75, 3.05) is 31.7 Å². The lowest BCUT2D eigenvalue weighted by Gasteiger charge is -2.12. The average molecular weight is 345 g/mol. The molecule has 3 rings (SSSR count). The van der Waals surface area contributed by atoms with Crippen LogP contribution in [-0.2, 0) is 10.0 Å². The van der Waals surface area contributed by atoms with Gasteiger partial charge in [0.2, 0.25) is 10.0 Å². The van der Waals surface area contributed by atoms with E-state index in [1.807, 2.05) is 47.0 Å². The van der Waals surface area contributed by atoms with Crippen molar-refractivity contribution in [3.8, 4) is 5.82 Å². The van der Waals surface area contributed by atoms with Gasteiger partial charge in [0.15, 0.2) is 0 Å². The summed E-state index contributed by atoms with van der Waals surface area (Å²) in [6, 6.07) is 13.4. The normalized spacial score (nSPS) is 12.0. The van der Waals surface area contributed by atoms with Crippen LogP contribution in [0.4, 0.5) is 5.82 Å². The Labute approximate surface area is 141 Å². The average Bonchev–Trinajstić information content (AvgIpc) is 2.99. The lowest BCUT2D eigenvalue weighted by Crippen LogP contribution is -2.28. The molecule has 0 saturated heterocycles. The fraction of sp³-hybridized carbons (Fsp3) is 0.250. The van der Waals surface area contributed by atoms with E-state index in [0.29, 0.717) is 12.4 Å². The van der Waals surface area contributed by atoms with Gasteiger partial charge in [0.05, 0.1) is 16.8 Å². The number of pyridine rings is 1. The van der Waals surface area contributed by atoms with Gasteiger partial charge in [0.25, 0.3) is 0 Å². The number of fused-ring (bicyclic) bond motifs is 1. The van der Waals surface area contributed by atoms with E-state index in [-0.39, 0.29) is 5.75 Å². The lowest BCUT2D eigenvalue weighted by molar-refractivity contribution is 0.521. The first-order chi connectivity index (χ1) is 11.5. The molecule has 1 N–H and O–H groups in total. The Morgan fingerprint density at radius 3 is 2.71 bits per heavy atom. The second-order valence-electron chi connectivity index (χ2n) is 5.51. The van der Waals surface area contributed by atoms with E-state index in [1.54, 1.807) is 6.33 Å². The maximum atomic E-state index is 11.8. The molecule has 0 aliphatic carbocycles. The molecule has 1 aromatic carbocycles. The van der Waals surface area contributed by atoms with E-state index in [0.717, 1.165) is 16.9 Å². The van der Waals surface area contributed by atoms with Gasteiger partial charge in [0.1, 0.15) is 18.0 Å². The number of hydrogen-bond donors (Lipinski definition) is 1. The van der Waals surface area contributed by atoms with Crippen LogP contribution in [0.25, 0.3) is 16.9 Å². The summed E-state index contributed by atoms with van der Waals surface area (Å²) in [4.78, 5) is 8.89. The highest BCUT2D eigenvalue weighted by atomic mass is 32.2. The van der Waals surface area contributed by atoms with Gasteiger partial charge in [-0.05, 0) is 24.3 Å². The summed E-state index contributed by atoms with van der Waals surface area (Å²) in [6.45, 7) is 0.293. The molecule has 0 saturated carbocycles. The van der Waals surface area contributed by atoms with Crippen molar-refractivity contribution in [2.24, 2.45) is 0 Å². The Hall–Kier alpha value is -2.45. The number of imidazole rings is 1. The third-order valence-electron chi connectivity index (χ3n) is 3.66. The highest BCUT2D eigenvalue weighted by molar-refractivity contribution is 7.89. The summed E-state index contributed by atoms with van der Waals surface area (Å²) in [5, 5.41) is 3.06. The molecule has 2 heterocycles. The second-order valence-corrected chi connectivity index (χ2v) is 7.81. The Balaban J connectivity index is 1.78. The van der Waals surface area contributed by atoms with Gasteiger partial charge in [-0.25, -0.2) is 22.7 Å². The molecular formula is C16H19N5O2S. The SMILES string of the molecule is CN(C)S(=O)(=O)CCNc1cccc(-n2cnc3ccccc32)n1. The number of aromatic nitrogens is 3. The van der Waals surface area contributed by atoms with Crippen LogP contribution in [0.15, 0.2) is 48.8 Å². The first-order valence-corrected chi connectivity index (χ1v) is 9.12. The molecule has 7 nitrogen and oxygen atoms in total. The predicted molar refractivity (Wildman–Crippen MR) is 94.8 cm³/mol. The molecule has 0 aliphatic heterocycles. The number of anilines is 1. The lowest BCUT2D eigenvalue weighted by atomic mass is 10.3. The van der Waals surface area contributed by atoms with E-state index in [9.17, 15) is 8.42 Å². The topological polar surface area (TPSA) is 80.1 Å². The Morgan fingerprint density at radius 1 is 1.12 bits per heavy atom. The quantitative estimate of drug-likeness (QED) is 0.736. The van der Waals surface area contributed by atoms with Crippen LogP contribution < -0.4 is 5.32 Å². The minimum atomic E-state index is -3.22. The van der Waals surface area contributed by atoms with E-state index in [2.05, 4.69) is 15.3 Å². The minimum absolute atomic E-state index is 0.0138. The largest absolute Gasteiger partial charge is 0.369 e.